The van der Waals surface area contributed by atoms with Crippen LogP contribution in [0.15, 0.2) is 11.4 Å². The van der Waals surface area contributed by atoms with Crippen LogP contribution in [0, 0.1) is 0 Å². The Morgan fingerprint density at radius 2 is 2.24 bits per heavy atom. The topological polar surface area (TPSA) is 107 Å². The molecule has 17 heavy (non-hydrogen) atoms. The summed E-state index contributed by atoms with van der Waals surface area (Å²) in [5, 5.41) is -0.0776. The number of sulfonamides is 1. The fraction of sp³-hybridized carbons (Fsp3) is 0.625. The first-order valence-electron chi connectivity index (χ1n) is 4.83. The van der Waals surface area contributed by atoms with E-state index in [1.54, 1.807) is 14.0 Å². The van der Waals surface area contributed by atoms with Gasteiger partial charge in [0.2, 0.25) is 0 Å². The van der Waals surface area contributed by atoms with Crippen LogP contribution in [0.4, 0.5) is 5.82 Å². The molecule has 0 saturated heterocycles. The maximum absolute atomic E-state index is 12.0. The van der Waals surface area contributed by atoms with Crippen LogP contribution < -0.4 is 10.5 Å². The summed E-state index contributed by atoms with van der Waals surface area (Å²) in [6.07, 6.45) is 2.84. The summed E-state index contributed by atoms with van der Waals surface area (Å²) >= 11 is 0. The predicted molar refractivity (Wildman–Crippen MR) is 66.3 cm³/mol. The number of nitrogens with zero attached hydrogens (tertiary/aromatic N) is 2. The second-order valence-corrected chi connectivity index (χ2v) is 6.92. The van der Waals surface area contributed by atoms with Gasteiger partial charge in [-0.15, -0.1) is 0 Å². The van der Waals surface area contributed by atoms with Crippen molar-refractivity contribution >= 4 is 26.6 Å². The molecule has 7 nitrogen and oxygen atoms in total. The van der Waals surface area contributed by atoms with E-state index in [0.717, 1.165) is 0 Å². The number of imidazole rings is 1. The molecule has 0 aliphatic rings. The van der Waals surface area contributed by atoms with E-state index in [-0.39, 0.29) is 16.6 Å². The number of hydrogen-bond acceptors (Lipinski definition) is 5. The van der Waals surface area contributed by atoms with Gasteiger partial charge in [0, 0.05) is 35.9 Å². The van der Waals surface area contributed by atoms with Crippen LogP contribution >= 0.6 is 0 Å². The van der Waals surface area contributed by atoms with Crippen molar-refractivity contribution in [2.75, 3.05) is 17.7 Å². The molecule has 0 aliphatic heterocycles. The Labute approximate surface area is 103 Å². The van der Waals surface area contributed by atoms with Crippen molar-refractivity contribution in [2.24, 2.45) is 7.05 Å². The van der Waals surface area contributed by atoms with Crippen LogP contribution in [0.5, 0.6) is 0 Å². The molecule has 2 unspecified atom stereocenters. The molecule has 9 heteroatoms. The monoisotopic (exact) mass is 280 g/mol. The first-order valence-corrected chi connectivity index (χ1v) is 8.04. The summed E-state index contributed by atoms with van der Waals surface area (Å²) < 4.78 is 38.7. The van der Waals surface area contributed by atoms with E-state index in [1.165, 1.54) is 17.2 Å². The Bertz CT molecular complexity index is 503. The van der Waals surface area contributed by atoms with Gasteiger partial charge in [-0.05, 0) is 6.92 Å². The number of anilines is 1. The Hall–Kier alpha value is -0.930. The molecule has 0 saturated carbocycles. The van der Waals surface area contributed by atoms with E-state index >= 15 is 0 Å². The maximum Gasteiger partial charge on any atom is 0.260 e. The molecule has 0 spiro atoms. The van der Waals surface area contributed by atoms with Gasteiger partial charge in [-0.3, -0.25) is 4.21 Å². The molecule has 2 atom stereocenters. The number of rotatable bonds is 5. The zero-order valence-electron chi connectivity index (χ0n) is 9.87. The first kappa shape index (κ1) is 14.1. The number of nitrogens with one attached hydrogen (secondary N) is 1. The molecule has 98 valence electrons. The molecule has 0 bridgehead atoms. The summed E-state index contributed by atoms with van der Waals surface area (Å²) in [5.41, 5.74) is 5.49. The molecule has 1 rings (SSSR count). The summed E-state index contributed by atoms with van der Waals surface area (Å²) in [6.45, 7) is 1.64. The van der Waals surface area contributed by atoms with Crippen LogP contribution in [-0.2, 0) is 27.9 Å². The molecule has 0 amide bonds. The lowest BCUT2D eigenvalue weighted by atomic mass is 10.4. The van der Waals surface area contributed by atoms with Crippen LogP contribution in [-0.4, -0.2) is 40.2 Å². The molecule has 0 fully saturated rings. The van der Waals surface area contributed by atoms with Crippen LogP contribution in [0.3, 0.4) is 0 Å². The third kappa shape index (κ3) is 3.51. The minimum Gasteiger partial charge on any atom is -0.381 e. The lowest BCUT2D eigenvalue weighted by molar-refractivity contribution is 0.561. The van der Waals surface area contributed by atoms with Gasteiger partial charge in [-0.25, -0.2) is 18.1 Å². The van der Waals surface area contributed by atoms with E-state index in [1.807, 2.05) is 0 Å². The van der Waals surface area contributed by atoms with E-state index in [4.69, 9.17) is 5.73 Å². The fourth-order valence-electron chi connectivity index (χ4n) is 1.47. The molecule has 1 aromatic heterocycles. The fourth-order valence-corrected chi connectivity index (χ4v) is 3.84. The standard InChI is InChI=1S/C8H16N4O3S2/c1-6(4-16(3)13)11-17(14,15)8-7(9)10-5-12(8)2/h5-6,11H,4,9H2,1-3H3. The summed E-state index contributed by atoms with van der Waals surface area (Å²) in [7, 11) is -3.26. The molecule has 0 aliphatic carbocycles. The second-order valence-electron chi connectivity index (χ2n) is 3.81. The quantitative estimate of drug-likeness (QED) is 0.723. The van der Waals surface area contributed by atoms with Crippen LogP contribution in [0.25, 0.3) is 0 Å². The molecule has 1 aromatic rings. The third-order valence-corrected chi connectivity index (χ3v) is 4.69. The Kier molecular flexibility index (Phi) is 4.28. The number of hydrogen-bond donors (Lipinski definition) is 2. The minimum absolute atomic E-state index is 0.0511. The van der Waals surface area contributed by atoms with Crippen molar-refractivity contribution in [3.8, 4) is 0 Å². The van der Waals surface area contributed by atoms with E-state index in [0.29, 0.717) is 0 Å². The zero-order chi connectivity index (χ0) is 13.2. The van der Waals surface area contributed by atoms with Crippen LogP contribution in [0.1, 0.15) is 6.92 Å². The highest BCUT2D eigenvalue weighted by molar-refractivity contribution is 7.89. The first-order chi connectivity index (χ1) is 7.74. The third-order valence-electron chi connectivity index (χ3n) is 2.01. The van der Waals surface area contributed by atoms with Gasteiger partial charge in [-0.2, -0.15) is 0 Å². The number of aryl methyl sites for hydroxylation is 1. The van der Waals surface area contributed by atoms with E-state index in [9.17, 15) is 12.6 Å². The van der Waals surface area contributed by atoms with Crippen molar-refractivity contribution < 1.29 is 12.6 Å². The molecule has 1 heterocycles. The molecular formula is C8H16N4O3S2. The minimum atomic E-state index is -3.73. The molecule has 3 N–H and O–H groups in total. The highest BCUT2D eigenvalue weighted by atomic mass is 32.2. The predicted octanol–water partition coefficient (Wildman–Crippen LogP) is -0.952. The normalized spacial score (nSPS) is 15.7. The maximum atomic E-state index is 12.0. The SMILES string of the molecule is CC(CS(C)=O)NS(=O)(=O)c1c(N)ncn1C. The Morgan fingerprint density at radius 1 is 1.65 bits per heavy atom. The summed E-state index contributed by atoms with van der Waals surface area (Å²) in [5.74, 6) is 0.196. The second kappa shape index (κ2) is 5.15. The average Bonchev–Trinajstić information content (AvgIpc) is 2.43. The Morgan fingerprint density at radius 3 is 2.65 bits per heavy atom. The van der Waals surface area contributed by atoms with Crippen molar-refractivity contribution in [3.63, 3.8) is 0 Å². The lowest BCUT2D eigenvalue weighted by Crippen LogP contribution is -2.37. The van der Waals surface area contributed by atoms with Gasteiger partial charge in [-0.1, -0.05) is 0 Å². The smallest absolute Gasteiger partial charge is 0.260 e. The van der Waals surface area contributed by atoms with Gasteiger partial charge >= 0.3 is 0 Å². The Balaban J connectivity index is 2.94. The van der Waals surface area contributed by atoms with Gasteiger partial charge < -0.3 is 10.3 Å². The zero-order valence-corrected chi connectivity index (χ0v) is 11.5. The summed E-state index contributed by atoms with van der Waals surface area (Å²) in [6, 6.07) is -0.430. The van der Waals surface area contributed by atoms with Crippen molar-refractivity contribution in [1.82, 2.24) is 14.3 Å². The van der Waals surface area contributed by atoms with Gasteiger partial charge in [0.25, 0.3) is 10.0 Å². The largest absolute Gasteiger partial charge is 0.381 e. The average molecular weight is 280 g/mol. The molecular weight excluding hydrogens is 264 g/mol. The molecule has 0 aromatic carbocycles. The number of nitrogens with two attached hydrogens (primary N) is 1. The van der Waals surface area contributed by atoms with E-state index in [2.05, 4.69) is 9.71 Å². The van der Waals surface area contributed by atoms with E-state index < -0.39 is 26.9 Å². The van der Waals surface area contributed by atoms with Crippen molar-refractivity contribution in [3.05, 3.63) is 6.33 Å². The lowest BCUT2D eigenvalue weighted by Gasteiger charge is -2.13. The van der Waals surface area contributed by atoms with Gasteiger partial charge in [0.1, 0.15) is 0 Å². The van der Waals surface area contributed by atoms with Crippen molar-refractivity contribution in [1.29, 1.82) is 0 Å². The van der Waals surface area contributed by atoms with Crippen LogP contribution in [0.2, 0.25) is 0 Å². The molecule has 0 radical (unpaired) electrons. The van der Waals surface area contributed by atoms with Gasteiger partial charge in [0.15, 0.2) is 10.8 Å². The number of aromatic nitrogens is 2. The highest BCUT2D eigenvalue weighted by Crippen LogP contribution is 2.15. The summed E-state index contributed by atoms with van der Waals surface area (Å²) in [4.78, 5) is 3.71. The van der Waals surface area contributed by atoms with Gasteiger partial charge in [0.05, 0.1) is 6.33 Å². The highest BCUT2D eigenvalue weighted by Gasteiger charge is 2.24. The number of nitrogen functional groups attached to an aromatic ring is 1. The van der Waals surface area contributed by atoms with Crippen molar-refractivity contribution in [2.45, 2.75) is 18.0 Å².